The molecule has 188 valence electrons. The summed E-state index contributed by atoms with van der Waals surface area (Å²) in [5.74, 6) is 1.44. The molecule has 2 aliphatic heterocycles. The number of hydrogen-bond acceptors (Lipinski definition) is 7. The molecule has 0 unspecified atom stereocenters. The monoisotopic (exact) mass is 489 g/mol. The van der Waals surface area contributed by atoms with E-state index in [0.29, 0.717) is 24.0 Å². The SMILES string of the molecule is COc1ccccc1CCC(=O)O[C@H]1C=C[C@H]2[C@H]3Cc4ccc(OC(C)=O)c5c4[C@@]2(CCN3C)[C@H]1O5. The third-order valence-corrected chi connectivity index (χ3v) is 8.43. The molecule has 0 N–H and O–H groups in total. The molecule has 2 aromatic rings. The summed E-state index contributed by atoms with van der Waals surface area (Å²) in [4.78, 5) is 27.3. The van der Waals surface area contributed by atoms with Crippen molar-refractivity contribution in [3.05, 3.63) is 65.2 Å². The van der Waals surface area contributed by atoms with E-state index in [9.17, 15) is 9.59 Å². The summed E-state index contributed by atoms with van der Waals surface area (Å²) in [5, 5.41) is 0. The van der Waals surface area contributed by atoms with Gasteiger partial charge in [-0.05, 0) is 62.2 Å². The quantitative estimate of drug-likeness (QED) is 0.349. The van der Waals surface area contributed by atoms with Crippen LogP contribution >= 0.6 is 0 Å². The summed E-state index contributed by atoms with van der Waals surface area (Å²) in [6.07, 6.45) is 5.94. The molecule has 2 aliphatic carbocycles. The van der Waals surface area contributed by atoms with E-state index in [-0.39, 0.29) is 35.8 Å². The molecule has 1 fully saturated rings. The first-order chi connectivity index (χ1) is 17.4. The molecule has 0 radical (unpaired) electrons. The fraction of sp³-hybridized carbons (Fsp3) is 0.448. The molecule has 36 heavy (non-hydrogen) atoms. The first-order valence-corrected chi connectivity index (χ1v) is 12.6. The summed E-state index contributed by atoms with van der Waals surface area (Å²) < 4.78 is 23.6. The first-order valence-electron chi connectivity index (χ1n) is 12.6. The molecule has 2 aromatic carbocycles. The molecule has 1 spiro atoms. The van der Waals surface area contributed by atoms with E-state index in [1.807, 2.05) is 36.4 Å². The second-order valence-corrected chi connectivity index (χ2v) is 10.3. The molecular weight excluding hydrogens is 458 g/mol. The highest BCUT2D eigenvalue weighted by Crippen LogP contribution is 2.62. The minimum Gasteiger partial charge on any atom is -0.496 e. The number of rotatable bonds is 6. The van der Waals surface area contributed by atoms with Gasteiger partial charge in [0.1, 0.15) is 11.9 Å². The van der Waals surface area contributed by atoms with Gasteiger partial charge in [-0.1, -0.05) is 30.3 Å². The second-order valence-electron chi connectivity index (χ2n) is 10.3. The van der Waals surface area contributed by atoms with Crippen LogP contribution in [0.2, 0.25) is 0 Å². The Morgan fingerprint density at radius 3 is 2.78 bits per heavy atom. The van der Waals surface area contributed by atoms with Crippen LogP contribution in [0.25, 0.3) is 0 Å². The lowest BCUT2D eigenvalue weighted by atomic mass is 9.53. The van der Waals surface area contributed by atoms with Crippen LogP contribution in [0.5, 0.6) is 17.2 Å². The summed E-state index contributed by atoms with van der Waals surface area (Å²) >= 11 is 0. The van der Waals surface area contributed by atoms with Gasteiger partial charge in [-0.3, -0.25) is 9.59 Å². The van der Waals surface area contributed by atoms with Crippen LogP contribution in [0.3, 0.4) is 0 Å². The van der Waals surface area contributed by atoms with Gasteiger partial charge in [0.15, 0.2) is 17.6 Å². The zero-order chi connectivity index (χ0) is 25.0. The average molecular weight is 490 g/mol. The van der Waals surface area contributed by atoms with Crippen LogP contribution in [0.15, 0.2) is 48.6 Å². The lowest BCUT2D eigenvalue weighted by Crippen LogP contribution is -2.65. The van der Waals surface area contributed by atoms with Gasteiger partial charge in [0, 0.05) is 36.3 Å². The number of hydrogen-bond donors (Lipinski definition) is 0. The van der Waals surface area contributed by atoms with Crippen molar-refractivity contribution >= 4 is 11.9 Å². The number of methoxy groups -OCH3 is 1. The maximum atomic E-state index is 13.0. The predicted octanol–water partition coefficient (Wildman–Crippen LogP) is 3.61. The summed E-state index contributed by atoms with van der Waals surface area (Å²) in [6.45, 7) is 2.33. The van der Waals surface area contributed by atoms with Crippen LogP contribution in [-0.4, -0.2) is 55.8 Å². The van der Waals surface area contributed by atoms with E-state index in [1.54, 1.807) is 7.11 Å². The van der Waals surface area contributed by atoms with Crippen molar-refractivity contribution in [2.24, 2.45) is 5.92 Å². The van der Waals surface area contributed by atoms with Crippen molar-refractivity contribution in [1.82, 2.24) is 4.90 Å². The maximum absolute atomic E-state index is 13.0. The molecule has 0 aromatic heterocycles. The third kappa shape index (κ3) is 3.44. The Hall–Kier alpha value is -3.32. The molecule has 1 saturated heterocycles. The van der Waals surface area contributed by atoms with Crippen LogP contribution < -0.4 is 14.2 Å². The fourth-order valence-electron chi connectivity index (χ4n) is 6.90. The van der Waals surface area contributed by atoms with Crippen molar-refractivity contribution in [2.45, 2.75) is 56.3 Å². The number of carbonyl (C=O) groups is 2. The summed E-state index contributed by atoms with van der Waals surface area (Å²) in [5.41, 5.74) is 3.03. The third-order valence-electron chi connectivity index (χ3n) is 8.43. The average Bonchev–Trinajstić information content (AvgIpc) is 3.22. The van der Waals surface area contributed by atoms with Gasteiger partial charge in [0.05, 0.1) is 7.11 Å². The predicted molar refractivity (Wildman–Crippen MR) is 132 cm³/mol. The van der Waals surface area contributed by atoms with Crippen molar-refractivity contribution in [3.8, 4) is 17.2 Å². The highest BCUT2D eigenvalue weighted by atomic mass is 16.6. The molecule has 7 nitrogen and oxygen atoms in total. The fourth-order valence-corrected chi connectivity index (χ4v) is 6.90. The number of benzene rings is 2. The lowest BCUT2D eigenvalue weighted by Gasteiger charge is -2.56. The number of nitrogens with zero attached hydrogens (tertiary/aromatic N) is 1. The molecule has 6 rings (SSSR count). The van der Waals surface area contributed by atoms with Crippen molar-refractivity contribution < 1.29 is 28.5 Å². The molecule has 0 amide bonds. The molecule has 0 saturated carbocycles. The van der Waals surface area contributed by atoms with Crippen molar-refractivity contribution in [3.63, 3.8) is 0 Å². The zero-order valence-corrected chi connectivity index (χ0v) is 20.9. The van der Waals surface area contributed by atoms with Gasteiger partial charge in [0.2, 0.25) is 0 Å². The topological polar surface area (TPSA) is 74.3 Å². The van der Waals surface area contributed by atoms with E-state index in [0.717, 1.165) is 36.3 Å². The molecule has 2 bridgehead atoms. The van der Waals surface area contributed by atoms with Gasteiger partial charge < -0.3 is 23.8 Å². The number of piperidine rings is 1. The minimum absolute atomic E-state index is 0.242. The van der Waals surface area contributed by atoms with E-state index in [1.165, 1.54) is 12.5 Å². The number of ether oxygens (including phenoxy) is 4. The number of likely N-dealkylation sites (tertiary alicyclic amines) is 1. The van der Waals surface area contributed by atoms with E-state index >= 15 is 0 Å². The second kappa shape index (κ2) is 8.66. The summed E-state index contributed by atoms with van der Waals surface area (Å²) in [7, 11) is 3.81. The Morgan fingerprint density at radius 2 is 1.97 bits per heavy atom. The first kappa shape index (κ1) is 23.1. The van der Waals surface area contributed by atoms with Gasteiger partial charge >= 0.3 is 11.9 Å². The van der Waals surface area contributed by atoms with E-state index in [4.69, 9.17) is 18.9 Å². The normalized spacial score (nSPS) is 29.2. The van der Waals surface area contributed by atoms with Gasteiger partial charge in [-0.2, -0.15) is 0 Å². The lowest BCUT2D eigenvalue weighted by molar-refractivity contribution is -0.154. The highest BCUT2D eigenvalue weighted by molar-refractivity contribution is 5.73. The minimum atomic E-state index is -0.515. The molecule has 4 aliphatic rings. The van der Waals surface area contributed by atoms with Crippen molar-refractivity contribution in [1.29, 1.82) is 0 Å². The van der Waals surface area contributed by atoms with Crippen LogP contribution in [0, 0.1) is 5.92 Å². The Labute approximate surface area is 211 Å². The number of aryl methyl sites for hydroxylation is 1. The number of carbonyl (C=O) groups excluding carboxylic acids is 2. The van der Waals surface area contributed by atoms with Gasteiger partial charge in [0.25, 0.3) is 0 Å². The van der Waals surface area contributed by atoms with E-state index < -0.39 is 6.10 Å². The van der Waals surface area contributed by atoms with Crippen LogP contribution in [0.4, 0.5) is 0 Å². The Kier molecular flexibility index (Phi) is 5.56. The smallest absolute Gasteiger partial charge is 0.308 e. The largest absolute Gasteiger partial charge is 0.496 e. The van der Waals surface area contributed by atoms with Crippen LogP contribution in [-0.2, 0) is 32.6 Å². The number of para-hydroxylation sites is 1. The Morgan fingerprint density at radius 1 is 1.14 bits per heavy atom. The molecule has 2 heterocycles. The Balaban J connectivity index is 1.30. The Bertz CT molecular complexity index is 1250. The zero-order valence-electron chi connectivity index (χ0n) is 20.9. The standard InChI is InChI=1S/C29H31NO6/c1-17(31)34-23-11-8-19-16-21-20-10-12-24(28-29(20,14-15-30(21)2)26(19)27(23)36-28)35-25(32)13-9-18-6-4-5-7-22(18)33-3/h4-8,10-12,20-21,24,28H,9,13-16H2,1-3H3/t20-,21+,24-,28-,29-/m0/s1. The van der Waals surface area contributed by atoms with E-state index in [2.05, 4.69) is 24.1 Å². The van der Waals surface area contributed by atoms with Crippen LogP contribution in [0.1, 0.15) is 36.5 Å². The number of esters is 2. The van der Waals surface area contributed by atoms with Crippen molar-refractivity contribution in [2.75, 3.05) is 20.7 Å². The highest BCUT2D eigenvalue weighted by Gasteiger charge is 2.65. The molecular formula is C29H31NO6. The molecule has 5 atom stereocenters. The number of likely N-dealkylation sites (N-methyl/N-ethyl adjacent to an activating group) is 1. The maximum Gasteiger partial charge on any atom is 0.308 e. The summed E-state index contributed by atoms with van der Waals surface area (Å²) in [6, 6.07) is 12.0. The molecule has 7 heteroatoms. The van der Waals surface area contributed by atoms with Gasteiger partial charge in [-0.15, -0.1) is 0 Å². The van der Waals surface area contributed by atoms with Gasteiger partial charge in [-0.25, -0.2) is 0 Å².